The summed E-state index contributed by atoms with van der Waals surface area (Å²) in [4.78, 5) is 9.13. The van der Waals surface area contributed by atoms with Crippen LogP contribution in [-0.2, 0) is 14.1 Å². The minimum atomic E-state index is -2.69. The van der Waals surface area contributed by atoms with Crippen molar-refractivity contribution < 1.29 is 8.78 Å². The first-order valence-corrected chi connectivity index (χ1v) is 9.09. The Morgan fingerprint density at radius 2 is 1.96 bits per heavy atom. The molecule has 3 aromatic rings. The molecule has 1 atom stereocenters. The first kappa shape index (κ1) is 15.4. The molecule has 130 valence electrons. The molecule has 0 N–H and O–H groups in total. The Kier molecular flexibility index (Phi) is 3.01. The molecule has 0 aromatic carbocycles. The number of hydrogen-bond acceptors (Lipinski definition) is 3. The Bertz CT molecular complexity index is 1020. The van der Waals surface area contributed by atoms with Crippen molar-refractivity contribution in [2.45, 2.75) is 37.0 Å². The van der Waals surface area contributed by atoms with Gasteiger partial charge >= 0.3 is 0 Å². The number of imidazole rings is 1. The molecular weight excluding hydrogens is 392 g/mol. The van der Waals surface area contributed by atoms with Gasteiger partial charge in [0.1, 0.15) is 10.4 Å². The Balaban J connectivity index is 1.74. The number of hydrogen-bond donors (Lipinski definition) is 0. The molecule has 0 amide bonds. The van der Waals surface area contributed by atoms with Gasteiger partial charge in [0.05, 0.1) is 17.3 Å². The summed E-state index contributed by atoms with van der Waals surface area (Å²) in [5.41, 5.74) is 2.71. The third-order valence-corrected chi connectivity index (χ3v) is 5.68. The Labute approximate surface area is 151 Å². The van der Waals surface area contributed by atoms with E-state index in [1.165, 1.54) is 0 Å². The third kappa shape index (κ3) is 2.33. The molecule has 2 saturated carbocycles. The van der Waals surface area contributed by atoms with E-state index in [4.69, 9.17) is 0 Å². The number of fused-ring (bicyclic) bond motifs is 1. The highest BCUT2D eigenvalue weighted by Gasteiger charge is 2.59. The quantitative estimate of drug-likeness (QED) is 0.655. The standard InChI is InChI=1S/C17H16BrF2N5/c1-24-7-9-5-10(12(21-15(9)23-24)11-6-17(11,19)20)16-22-14(18)13(25(16)2)8-3-4-8/h5,7-8,11H,3-4,6H2,1-2H3. The van der Waals surface area contributed by atoms with Crippen molar-refractivity contribution in [3.8, 4) is 11.4 Å². The van der Waals surface area contributed by atoms with E-state index in [1.54, 1.807) is 11.7 Å². The number of halogens is 3. The van der Waals surface area contributed by atoms with E-state index in [0.29, 0.717) is 28.6 Å². The zero-order valence-electron chi connectivity index (χ0n) is 13.8. The summed E-state index contributed by atoms with van der Waals surface area (Å²) in [6.07, 6.45) is 3.98. The van der Waals surface area contributed by atoms with Gasteiger partial charge < -0.3 is 4.57 Å². The summed E-state index contributed by atoms with van der Waals surface area (Å²) in [7, 11) is 3.75. The first-order valence-electron chi connectivity index (χ1n) is 8.30. The molecule has 0 saturated heterocycles. The zero-order valence-corrected chi connectivity index (χ0v) is 15.4. The largest absolute Gasteiger partial charge is 0.330 e. The molecule has 3 aromatic heterocycles. The number of aromatic nitrogens is 5. The molecular formula is C17H16BrF2N5. The molecule has 5 nitrogen and oxygen atoms in total. The lowest BCUT2D eigenvalue weighted by Crippen LogP contribution is -2.04. The lowest BCUT2D eigenvalue weighted by Gasteiger charge is -2.10. The van der Waals surface area contributed by atoms with Gasteiger partial charge in [-0.2, -0.15) is 5.10 Å². The topological polar surface area (TPSA) is 48.5 Å². The van der Waals surface area contributed by atoms with E-state index >= 15 is 0 Å². The average molecular weight is 408 g/mol. The second-order valence-electron chi connectivity index (χ2n) is 7.10. The Hall–Kier alpha value is -1.83. The van der Waals surface area contributed by atoms with E-state index in [1.807, 2.05) is 23.9 Å². The van der Waals surface area contributed by atoms with Crippen molar-refractivity contribution in [2.75, 3.05) is 0 Å². The molecule has 1 unspecified atom stereocenters. The van der Waals surface area contributed by atoms with Crippen LogP contribution in [0.5, 0.6) is 0 Å². The number of pyridine rings is 1. The lowest BCUT2D eigenvalue weighted by atomic mass is 10.1. The Morgan fingerprint density at radius 3 is 2.60 bits per heavy atom. The predicted octanol–water partition coefficient (Wildman–Crippen LogP) is 4.13. The first-order chi connectivity index (χ1) is 11.8. The van der Waals surface area contributed by atoms with Gasteiger partial charge in [0.15, 0.2) is 5.65 Å². The van der Waals surface area contributed by atoms with Crippen molar-refractivity contribution in [1.29, 1.82) is 0 Å². The third-order valence-electron chi connectivity index (χ3n) is 5.09. The number of rotatable bonds is 3. The van der Waals surface area contributed by atoms with E-state index in [0.717, 1.165) is 28.5 Å². The average Bonchev–Trinajstić information content (AvgIpc) is 3.40. The normalized spacial score (nSPS) is 21.9. The summed E-state index contributed by atoms with van der Waals surface area (Å²) in [5, 5.41) is 5.10. The van der Waals surface area contributed by atoms with Crippen LogP contribution in [0, 0.1) is 0 Å². The summed E-state index contributed by atoms with van der Waals surface area (Å²) in [6.45, 7) is 0. The van der Waals surface area contributed by atoms with Gasteiger partial charge in [-0.25, -0.2) is 18.7 Å². The molecule has 0 bridgehead atoms. The lowest BCUT2D eigenvalue weighted by molar-refractivity contribution is 0.111. The van der Waals surface area contributed by atoms with Crippen molar-refractivity contribution >= 4 is 27.0 Å². The monoisotopic (exact) mass is 407 g/mol. The molecule has 0 radical (unpaired) electrons. The number of aryl methyl sites for hydroxylation is 1. The Morgan fingerprint density at radius 1 is 1.24 bits per heavy atom. The molecule has 5 rings (SSSR count). The van der Waals surface area contributed by atoms with Crippen LogP contribution in [-0.4, -0.2) is 30.2 Å². The van der Waals surface area contributed by atoms with Crippen molar-refractivity contribution in [3.63, 3.8) is 0 Å². The van der Waals surface area contributed by atoms with Crippen LogP contribution in [0.25, 0.3) is 22.4 Å². The van der Waals surface area contributed by atoms with Gasteiger partial charge in [0, 0.05) is 43.6 Å². The molecule has 8 heteroatoms. The van der Waals surface area contributed by atoms with Crippen LogP contribution >= 0.6 is 15.9 Å². The maximum Gasteiger partial charge on any atom is 0.257 e. The van der Waals surface area contributed by atoms with Crippen LogP contribution in [0.15, 0.2) is 16.9 Å². The highest BCUT2D eigenvalue weighted by atomic mass is 79.9. The molecule has 2 aliphatic rings. The van der Waals surface area contributed by atoms with Crippen molar-refractivity contribution in [1.82, 2.24) is 24.3 Å². The molecule has 0 spiro atoms. The van der Waals surface area contributed by atoms with Crippen LogP contribution in [0.1, 0.15) is 42.5 Å². The summed E-state index contributed by atoms with van der Waals surface area (Å²) < 4.78 is 32.1. The fraction of sp³-hybridized carbons (Fsp3) is 0.471. The molecule has 2 aliphatic carbocycles. The fourth-order valence-electron chi connectivity index (χ4n) is 3.56. The molecule has 2 fully saturated rings. The van der Waals surface area contributed by atoms with Crippen LogP contribution in [0.4, 0.5) is 8.78 Å². The van der Waals surface area contributed by atoms with Crippen molar-refractivity contribution in [3.05, 3.63) is 28.3 Å². The smallest absolute Gasteiger partial charge is 0.257 e. The van der Waals surface area contributed by atoms with E-state index in [2.05, 4.69) is 31.0 Å². The SMILES string of the molecule is Cn1cc2cc(-c3nc(Br)c(C4CC4)n3C)c(C3CC3(F)F)nc2n1. The summed E-state index contributed by atoms with van der Waals surface area (Å²) >= 11 is 3.54. The molecule has 0 aliphatic heterocycles. The highest BCUT2D eigenvalue weighted by Crippen LogP contribution is 2.57. The minimum Gasteiger partial charge on any atom is -0.330 e. The van der Waals surface area contributed by atoms with Gasteiger partial charge in [0.2, 0.25) is 0 Å². The van der Waals surface area contributed by atoms with Crippen LogP contribution < -0.4 is 0 Å². The van der Waals surface area contributed by atoms with E-state index in [-0.39, 0.29) is 6.42 Å². The predicted molar refractivity (Wildman–Crippen MR) is 92.7 cm³/mol. The fourth-order valence-corrected chi connectivity index (χ4v) is 4.32. The van der Waals surface area contributed by atoms with Gasteiger partial charge in [-0.1, -0.05) is 0 Å². The van der Waals surface area contributed by atoms with E-state index < -0.39 is 11.8 Å². The maximum atomic E-state index is 13.8. The van der Waals surface area contributed by atoms with Gasteiger partial charge in [-0.15, -0.1) is 0 Å². The van der Waals surface area contributed by atoms with Crippen molar-refractivity contribution in [2.24, 2.45) is 14.1 Å². The minimum absolute atomic E-state index is 0.160. The van der Waals surface area contributed by atoms with E-state index in [9.17, 15) is 8.78 Å². The zero-order chi connectivity index (χ0) is 17.5. The van der Waals surface area contributed by atoms with Crippen LogP contribution in [0.2, 0.25) is 0 Å². The highest BCUT2D eigenvalue weighted by molar-refractivity contribution is 9.10. The van der Waals surface area contributed by atoms with Crippen LogP contribution in [0.3, 0.4) is 0 Å². The summed E-state index contributed by atoms with van der Waals surface area (Å²) in [6, 6.07) is 1.89. The van der Waals surface area contributed by atoms with Gasteiger partial charge in [0.25, 0.3) is 5.92 Å². The number of nitrogens with zero attached hydrogens (tertiary/aromatic N) is 5. The summed E-state index contributed by atoms with van der Waals surface area (Å²) in [5.74, 6) is -2.36. The maximum absolute atomic E-state index is 13.8. The second kappa shape index (κ2) is 4.87. The molecule has 3 heterocycles. The second-order valence-corrected chi connectivity index (χ2v) is 7.85. The van der Waals surface area contributed by atoms with Gasteiger partial charge in [-0.05, 0) is 34.8 Å². The van der Waals surface area contributed by atoms with Gasteiger partial charge in [-0.3, -0.25) is 4.68 Å². The molecule has 25 heavy (non-hydrogen) atoms. The number of alkyl halides is 2.